The molecular weight excluding hydrogens is 858 g/mol. The van der Waals surface area contributed by atoms with Crippen molar-refractivity contribution in [3.8, 4) is 0 Å². The second kappa shape index (κ2) is 45.6. The van der Waals surface area contributed by atoms with E-state index in [1.807, 2.05) is 0 Å². The van der Waals surface area contributed by atoms with Crippen LogP contribution in [0.3, 0.4) is 0 Å². The van der Waals surface area contributed by atoms with Gasteiger partial charge in [0.15, 0.2) is 0 Å². The van der Waals surface area contributed by atoms with Crippen molar-refractivity contribution < 1.29 is 108 Å². The van der Waals surface area contributed by atoms with Gasteiger partial charge in [0, 0.05) is 39.3 Å². The first-order valence-corrected chi connectivity index (χ1v) is 22.2. The Labute approximate surface area is 377 Å². The summed E-state index contributed by atoms with van der Waals surface area (Å²) in [4.78, 5) is 12.2. The molecule has 8 atom stereocenters. The fraction of sp³-hybridized carbons (Fsp3) is 0.976. The summed E-state index contributed by atoms with van der Waals surface area (Å²) in [6, 6.07) is 0. The number of rotatable bonds is 51. The van der Waals surface area contributed by atoms with Crippen LogP contribution in [0.2, 0.25) is 0 Å². The molecule has 23 heteroatoms. The minimum Gasteiger partial charge on any atom is -0.394 e. The molecule has 0 aliphatic rings. The monoisotopic (exact) mass is 942 g/mol. The third-order valence-electron chi connectivity index (χ3n) is 9.12. The molecule has 0 spiro atoms. The van der Waals surface area contributed by atoms with Gasteiger partial charge in [-0.05, 0) is 26.2 Å². The molecule has 0 aliphatic carbocycles. The van der Waals surface area contributed by atoms with Crippen molar-refractivity contribution in [3.05, 3.63) is 0 Å². The van der Waals surface area contributed by atoms with Gasteiger partial charge in [-0.15, -0.1) is 0 Å². The molecule has 0 rings (SSSR count). The zero-order valence-corrected chi connectivity index (χ0v) is 37.9. The van der Waals surface area contributed by atoms with Crippen LogP contribution < -0.4 is 0 Å². The molecule has 0 saturated heterocycles. The molecule has 0 unspecified atom stereocenters. The van der Waals surface area contributed by atoms with Crippen molar-refractivity contribution in [3.63, 3.8) is 0 Å². The smallest absolute Gasteiger partial charge is 0.132 e. The minimum absolute atomic E-state index is 0.0327. The summed E-state index contributed by atoms with van der Waals surface area (Å²) in [6.45, 7) is 8.49. The second-order valence-corrected chi connectivity index (χ2v) is 14.6. The first kappa shape index (κ1) is 62.8. The van der Waals surface area contributed by atoms with Crippen LogP contribution in [0.15, 0.2) is 0 Å². The number of ketones is 1. The predicted molar refractivity (Wildman–Crippen MR) is 227 cm³/mol. The van der Waals surface area contributed by atoms with Crippen LogP contribution in [0, 0.1) is 0 Å². The second-order valence-electron chi connectivity index (χ2n) is 14.6. The maximum Gasteiger partial charge on any atom is 0.132 e. The fourth-order valence-electron chi connectivity index (χ4n) is 5.31. The van der Waals surface area contributed by atoms with Crippen LogP contribution in [0.25, 0.3) is 0 Å². The molecule has 0 aromatic heterocycles. The van der Waals surface area contributed by atoms with E-state index in [0.717, 1.165) is 19.3 Å². The Bertz CT molecular complexity index is 967. The third-order valence-corrected chi connectivity index (χ3v) is 9.12. The first-order valence-electron chi connectivity index (χ1n) is 22.2. The molecule has 0 aliphatic heterocycles. The zero-order chi connectivity index (χ0) is 47.5. The van der Waals surface area contributed by atoms with E-state index in [-0.39, 0.29) is 45.2 Å². The summed E-state index contributed by atoms with van der Waals surface area (Å²) in [7, 11) is 0. The van der Waals surface area contributed by atoms with Crippen LogP contribution in [0.1, 0.15) is 32.6 Å². The number of carbonyl (C=O) groups excluding carboxylic acids is 1. The summed E-state index contributed by atoms with van der Waals surface area (Å²) < 4.78 is 60.3. The SMILES string of the molecule is CC(=O)CCOCCOCCOCCOCCOCCCCCOCCOCCOCCOCCOCCOCCN(C[C@@H](O)[C@@H](O)[C@H](O)[C@H](O)CO)C[C@@H](O)[C@@H](O)[C@H](O)[C@H](O)CO. The Morgan fingerprint density at radius 1 is 0.359 bits per heavy atom. The Balaban J connectivity index is 3.67. The Kier molecular flexibility index (Phi) is 44.7. The number of unbranched alkanes of at least 4 members (excludes halogenated alkanes) is 2. The van der Waals surface area contributed by atoms with Crippen LogP contribution in [-0.2, 0) is 56.9 Å². The Morgan fingerprint density at radius 2 is 0.609 bits per heavy atom. The summed E-state index contributed by atoms with van der Waals surface area (Å²) in [5, 5.41) is 98.3. The van der Waals surface area contributed by atoms with E-state index >= 15 is 0 Å². The third kappa shape index (κ3) is 37.8. The van der Waals surface area contributed by atoms with Gasteiger partial charge in [0.05, 0.1) is 158 Å². The van der Waals surface area contributed by atoms with Crippen molar-refractivity contribution in [2.75, 3.05) is 178 Å². The first-order chi connectivity index (χ1) is 31.0. The molecule has 0 bridgehead atoms. The van der Waals surface area contributed by atoms with Gasteiger partial charge in [0.1, 0.15) is 42.4 Å². The fourth-order valence-corrected chi connectivity index (χ4v) is 5.31. The van der Waals surface area contributed by atoms with Gasteiger partial charge < -0.3 is 103 Å². The predicted octanol–water partition coefficient (Wildman–Crippen LogP) is -4.51. The molecule has 0 radical (unpaired) electrons. The Morgan fingerprint density at radius 3 is 0.891 bits per heavy atom. The quantitative estimate of drug-likeness (QED) is 0.0257. The van der Waals surface area contributed by atoms with Crippen LogP contribution in [0.4, 0.5) is 0 Å². The van der Waals surface area contributed by atoms with E-state index in [4.69, 9.17) is 62.3 Å². The lowest BCUT2D eigenvalue weighted by molar-refractivity contribution is -0.131. The Hall–Kier alpha value is -1.21. The molecular formula is C41H83NO22. The molecule has 23 nitrogen and oxygen atoms in total. The minimum atomic E-state index is -1.88. The largest absolute Gasteiger partial charge is 0.394 e. The van der Waals surface area contributed by atoms with Gasteiger partial charge in [-0.3, -0.25) is 9.69 Å². The van der Waals surface area contributed by atoms with Crippen LogP contribution in [-0.4, -0.2) is 289 Å². The summed E-state index contributed by atoms with van der Waals surface area (Å²) >= 11 is 0. The lowest BCUT2D eigenvalue weighted by Gasteiger charge is -2.33. The molecule has 0 saturated carbocycles. The van der Waals surface area contributed by atoms with Gasteiger partial charge in [-0.25, -0.2) is 0 Å². The van der Waals surface area contributed by atoms with Gasteiger partial charge in [-0.1, -0.05) is 0 Å². The molecule has 0 aromatic rings. The highest BCUT2D eigenvalue weighted by Gasteiger charge is 2.34. The molecule has 384 valence electrons. The summed E-state index contributed by atoms with van der Waals surface area (Å²) in [5.41, 5.74) is 0. The normalized spacial score (nSPS) is 15.9. The van der Waals surface area contributed by atoms with E-state index in [2.05, 4.69) is 0 Å². The maximum absolute atomic E-state index is 10.8. The number of nitrogens with zero attached hydrogens (tertiary/aromatic N) is 1. The van der Waals surface area contributed by atoms with Crippen molar-refractivity contribution in [2.45, 2.75) is 81.4 Å². The number of ether oxygens (including phenoxy) is 11. The highest BCUT2D eigenvalue weighted by Crippen LogP contribution is 2.11. The molecule has 0 aromatic carbocycles. The van der Waals surface area contributed by atoms with Gasteiger partial charge in [0.25, 0.3) is 0 Å². The zero-order valence-electron chi connectivity index (χ0n) is 37.9. The molecule has 64 heavy (non-hydrogen) atoms. The lowest BCUT2D eigenvalue weighted by Crippen LogP contribution is -2.53. The van der Waals surface area contributed by atoms with Crippen molar-refractivity contribution in [1.82, 2.24) is 4.90 Å². The molecule has 0 heterocycles. The molecule has 10 N–H and O–H groups in total. The number of aliphatic hydroxyl groups excluding tert-OH is 10. The number of aliphatic hydroxyl groups is 10. The number of hydrogen-bond donors (Lipinski definition) is 10. The average Bonchev–Trinajstić information content (AvgIpc) is 3.29. The summed E-state index contributed by atoms with van der Waals surface area (Å²) in [6.07, 6.45) is -10.9. The van der Waals surface area contributed by atoms with E-state index in [1.165, 1.54) is 11.8 Å². The van der Waals surface area contributed by atoms with Crippen molar-refractivity contribution in [1.29, 1.82) is 0 Å². The average molecular weight is 942 g/mol. The number of carbonyl (C=O) groups is 1. The van der Waals surface area contributed by atoms with Crippen molar-refractivity contribution >= 4 is 5.78 Å². The molecule has 0 fully saturated rings. The highest BCUT2D eigenvalue weighted by atomic mass is 16.6. The van der Waals surface area contributed by atoms with Gasteiger partial charge in [-0.2, -0.15) is 0 Å². The van der Waals surface area contributed by atoms with Gasteiger partial charge in [0.2, 0.25) is 0 Å². The van der Waals surface area contributed by atoms with E-state index < -0.39 is 62.0 Å². The number of hydrogen-bond acceptors (Lipinski definition) is 23. The maximum atomic E-state index is 10.8. The lowest BCUT2D eigenvalue weighted by atomic mass is 10.0. The highest BCUT2D eigenvalue weighted by molar-refractivity contribution is 5.75. The topological polar surface area (TPSA) is 324 Å². The van der Waals surface area contributed by atoms with Crippen molar-refractivity contribution in [2.24, 2.45) is 0 Å². The van der Waals surface area contributed by atoms with E-state index in [1.54, 1.807) is 0 Å². The van der Waals surface area contributed by atoms with Crippen LogP contribution >= 0.6 is 0 Å². The van der Waals surface area contributed by atoms with E-state index in [9.17, 15) is 45.6 Å². The van der Waals surface area contributed by atoms with Gasteiger partial charge >= 0.3 is 0 Å². The number of Topliss-reactive ketones (excluding diaryl/α,β-unsaturated/α-hetero) is 1. The molecule has 0 amide bonds. The summed E-state index contributed by atoms with van der Waals surface area (Å²) in [5.74, 6) is 0.113. The van der Waals surface area contributed by atoms with E-state index in [0.29, 0.717) is 132 Å². The standard InChI is InChI=1S/C41H83NO22/c1-33(45)5-9-56-13-17-60-21-25-62-23-19-58-15-11-54-7-3-2-4-8-55-12-16-59-20-24-63-27-28-64-26-22-61-18-14-57-10-6-42(29-34(46)38(50)40(52)36(48)31-43)30-35(47)39(51)41(53)37(49)32-44/h34-41,43-44,46-53H,2-32H2,1H3/t34-,35-,36-,37-,38-,39-,40-,41-/m1/s1. The van der Waals surface area contributed by atoms with Crippen LogP contribution in [0.5, 0.6) is 0 Å².